The Bertz CT molecular complexity index is 1960. The Morgan fingerprint density at radius 2 is 1.69 bits per heavy atom. The molecule has 6 rings (SSSR count). The van der Waals surface area contributed by atoms with Crippen LogP contribution < -0.4 is 10.6 Å². The Morgan fingerprint density at radius 3 is 2.45 bits per heavy atom. The molecule has 0 unspecified atom stereocenters. The lowest BCUT2D eigenvalue weighted by Gasteiger charge is -2.41. The number of rotatable bonds is 11. The van der Waals surface area contributed by atoms with Crippen molar-refractivity contribution in [1.29, 1.82) is 0 Å². The van der Waals surface area contributed by atoms with Crippen molar-refractivity contribution in [2.24, 2.45) is 5.92 Å². The van der Waals surface area contributed by atoms with Crippen LogP contribution >= 0.6 is 0 Å². The van der Waals surface area contributed by atoms with Gasteiger partial charge in [-0.1, -0.05) is 72.8 Å². The molecule has 1 saturated heterocycles. The summed E-state index contributed by atoms with van der Waals surface area (Å²) in [5.74, 6) is -1.26. The van der Waals surface area contributed by atoms with E-state index in [1.54, 1.807) is 30.5 Å². The second-order valence-electron chi connectivity index (χ2n) is 14.7. The number of sulfonamides is 1. The fraction of sp³-hybridized carbons (Fsp3) is 0.410. The number of nitrogens with zero attached hydrogens (tertiary/aromatic N) is 3. The van der Waals surface area contributed by atoms with Crippen molar-refractivity contribution in [1.82, 2.24) is 24.8 Å². The van der Waals surface area contributed by atoms with Crippen LogP contribution in [0, 0.1) is 5.92 Å². The lowest BCUT2D eigenvalue weighted by Crippen LogP contribution is -2.62. The van der Waals surface area contributed by atoms with Crippen LogP contribution in [0.2, 0.25) is 0 Å². The first kappa shape index (κ1) is 36.6. The van der Waals surface area contributed by atoms with Gasteiger partial charge in [-0.25, -0.2) is 8.42 Å². The number of para-hydroxylation sites is 1. The summed E-state index contributed by atoms with van der Waals surface area (Å²) in [7, 11) is -4.02. The van der Waals surface area contributed by atoms with Gasteiger partial charge in [-0.15, -0.1) is 0 Å². The molecule has 0 bridgehead atoms. The maximum atomic E-state index is 14.0. The minimum Gasteiger partial charge on any atom is -0.392 e. The second kappa shape index (κ2) is 15.2. The molecule has 0 saturated carbocycles. The van der Waals surface area contributed by atoms with E-state index in [4.69, 9.17) is 0 Å². The van der Waals surface area contributed by atoms with Gasteiger partial charge in [0.05, 0.1) is 23.8 Å². The van der Waals surface area contributed by atoms with E-state index in [1.165, 1.54) is 10.4 Å². The highest BCUT2D eigenvalue weighted by molar-refractivity contribution is 7.89. The van der Waals surface area contributed by atoms with E-state index in [-0.39, 0.29) is 49.3 Å². The minimum atomic E-state index is -4.02. The maximum absolute atomic E-state index is 14.0. The molecule has 12 heteroatoms. The fourth-order valence-electron chi connectivity index (χ4n) is 7.23. The van der Waals surface area contributed by atoms with E-state index in [0.29, 0.717) is 23.7 Å². The molecule has 51 heavy (non-hydrogen) atoms. The molecule has 2 aliphatic rings. The smallest absolute Gasteiger partial charge is 0.245 e. The third-order valence-electron chi connectivity index (χ3n) is 9.67. The zero-order chi connectivity index (χ0) is 36.3. The van der Waals surface area contributed by atoms with Crippen LogP contribution in [0.3, 0.4) is 0 Å². The number of hydrogen-bond acceptors (Lipinski definition) is 8. The summed E-state index contributed by atoms with van der Waals surface area (Å²) in [4.78, 5) is 33.9. The molecule has 0 spiro atoms. The highest BCUT2D eigenvalue weighted by Gasteiger charge is 2.41. The molecular weight excluding hydrogens is 667 g/mol. The Labute approximate surface area is 299 Å². The molecule has 270 valence electrons. The number of amides is 2. The first-order valence-corrected chi connectivity index (χ1v) is 18.9. The molecule has 4 N–H and O–H groups in total. The molecule has 0 radical (unpaired) electrons. The molecule has 2 heterocycles. The number of benzene rings is 3. The van der Waals surface area contributed by atoms with Crippen molar-refractivity contribution in [2.45, 2.75) is 74.8 Å². The summed E-state index contributed by atoms with van der Waals surface area (Å²) in [6.07, 6.45) is 0.699. The molecule has 1 aliphatic heterocycles. The van der Waals surface area contributed by atoms with Crippen LogP contribution in [-0.4, -0.2) is 94.6 Å². The number of hydrogen-bond donors (Lipinski definition) is 4. The van der Waals surface area contributed by atoms with Gasteiger partial charge in [0.25, 0.3) is 0 Å². The molecule has 4 aromatic rings. The van der Waals surface area contributed by atoms with Gasteiger partial charge in [0, 0.05) is 55.6 Å². The van der Waals surface area contributed by atoms with Crippen molar-refractivity contribution < 1.29 is 28.2 Å². The Hall–Kier alpha value is -4.20. The lowest BCUT2D eigenvalue weighted by atomic mass is 9.91. The number of aromatic nitrogens is 1. The predicted octanol–water partition coefficient (Wildman–Crippen LogP) is 3.21. The van der Waals surface area contributed by atoms with E-state index < -0.39 is 45.8 Å². The monoisotopic (exact) mass is 713 g/mol. The van der Waals surface area contributed by atoms with Crippen LogP contribution in [0.4, 0.5) is 0 Å². The van der Waals surface area contributed by atoms with Crippen molar-refractivity contribution >= 4 is 32.7 Å². The third kappa shape index (κ3) is 8.48. The average Bonchev–Trinajstić information content (AvgIpc) is 3.41. The Balaban J connectivity index is 1.21. The first-order valence-electron chi connectivity index (χ1n) is 17.5. The zero-order valence-corrected chi connectivity index (χ0v) is 30.1. The number of carbonyl (C=O) groups is 2. The van der Waals surface area contributed by atoms with Crippen LogP contribution in [0.15, 0.2) is 96.0 Å². The van der Waals surface area contributed by atoms with Gasteiger partial charge in [-0.3, -0.25) is 19.5 Å². The number of piperazine rings is 1. The number of β-amino-alcohol motifs (C(OH)–C–C–N with tert-alkyl or cyclic N) is 1. The molecule has 1 aliphatic carbocycles. The molecule has 3 aromatic carbocycles. The number of pyridine rings is 1. The van der Waals surface area contributed by atoms with E-state index >= 15 is 0 Å². The van der Waals surface area contributed by atoms with E-state index in [9.17, 15) is 28.2 Å². The molecular formula is C39H47N5O6S. The molecule has 2 amide bonds. The zero-order valence-electron chi connectivity index (χ0n) is 29.3. The van der Waals surface area contributed by atoms with Gasteiger partial charge in [-0.2, -0.15) is 4.31 Å². The van der Waals surface area contributed by atoms with Crippen LogP contribution in [0.5, 0.6) is 0 Å². The lowest BCUT2D eigenvalue weighted by molar-refractivity contribution is -0.131. The van der Waals surface area contributed by atoms with Gasteiger partial charge < -0.3 is 20.8 Å². The molecule has 11 nitrogen and oxygen atoms in total. The summed E-state index contributed by atoms with van der Waals surface area (Å²) >= 11 is 0. The van der Waals surface area contributed by atoms with Gasteiger partial charge in [0.15, 0.2) is 0 Å². The van der Waals surface area contributed by atoms with Gasteiger partial charge in [-0.05, 0) is 62.4 Å². The Kier molecular flexibility index (Phi) is 10.9. The summed E-state index contributed by atoms with van der Waals surface area (Å²) in [5.41, 5.74) is 2.60. The summed E-state index contributed by atoms with van der Waals surface area (Å²) in [5, 5.41) is 29.2. The second-order valence-corrected chi connectivity index (χ2v) is 16.6. The predicted molar refractivity (Wildman–Crippen MR) is 195 cm³/mol. The topological polar surface area (TPSA) is 152 Å². The van der Waals surface area contributed by atoms with E-state index in [2.05, 4.69) is 15.6 Å². The van der Waals surface area contributed by atoms with Crippen molar-refractivity contribution in [3.05, 3.63) is 108 Å². The number of fused-ring (bicyclic) bond motifs is 2. The number of carbonyl (C=O) groups excluding carboxylic acids is 2. The van der Waals surface area contributed by atoms with Crippen molar-refractivity contribution in [2.75, 3.05) is 26.2 Å². The van der Waals surface area contributed by atoms with Gasteiger partial charge in [0.2, 0.25) is 21.8 Å². The third-order valence-corrected chi connectivity index (χ3v) is 11.6. The molecule has 5 atom stereocenters. The van der Waals surface area contributed by atoms with Gasteiger partial charge in [0.1, 0.15) is 10.9 Å². The highest BCUT2D eigenvalue weighted by Crippen LogP contribution is 2.32. The average molecular weight is 714 g/mol. The van der Waals surface area contributed by atoms with Gasteiger partial charge >= 0.3 is 0 Å². The normalized spacial score (nSPS) is 21.2. The molecule has 1 aromatic heterocycles. The van der Waals surface area contributed by atoms with Crippen LogP contribution in [-0.2, 0) is 32.5 Å². The quantitative estimate of drug-likeness (QED) is 0.185. The van der Waals surface area contributed by atoms with E-state index in [0.717, 1.165) is 16.7 Å². The summed E-state index contributed by atoms with van der Waals surface area (Å²) in [6.45, 7) is 5.80. The summed E-state index contributed by atoms with van der Waals surface area (Å²) < 4.78 is 29.4. The standard InChI is InChI=1S/C39H47N5O6S/c1-39(2,3)42-38(48)32-25-44(51(49,50)34-17-9-14-27-15-10-18-40-35(27)34)20-19-43(32)24-30(45)22-29(21-26-11-5-4-6-12-26)37(47)41-36-31-16-8-7-13-28(31)23-33(36)46/h4-18,29-30,32-33,36,45-46H,19-25H2,1-3H3,(H,41,47)(H,42,48)/t29-,30+,32+,33-,36+/m1/s1. The van der Waals surface area contributed by atoms with E-state index in [1.807, 2.05) is 80.3 Å². The fourth-order valence-corrected chi connectivity index (χ4v) is 8.83. The van der Waals surface area contributed by atoms with Crippen molar-refractivity contribution in [3.8, 4) is 0 Å². The van der Waals surface area contributed by atoms with Crippen LogP contribution in [0.1, 0.15) is 49.9 Å². The highest BCUT2D eigenvalue weighted by atomic mass is 32.2. The number of aliphatic hydroxyl groups excluding tert-OH is 2. The van der Waals surface area contributed by atoms with Crippen LogP contribution in [0.25, 0.3) is 10.9 Å². The minimum absolute atomic E-state index is 0.0550. The SMILES string of the molecule is CC(C)(C)NC(=O)[C@@H]1CN(S(=O)(=O)c2cccc3cccnc23)CCN1C[C@@H](O)C[C@@H](Cc1ccccc1)C(=O)N[C@H]1c2ccccc2C[C@H]1O. The summed E-state index contributed by atoms with van der Waals surface area (Å²) in [6, 6.07) is 24.4. The number of nitrogens with one attached hydrogen (secondary N) is 2. The number of aliphatic hydroxyl groups is 2. The largest absolute Gasteiger partial charge is 0.392 e. The first-order chi connectivity index (χ1) is 24.3. The van der Waals surface area contributed by atoms with Crippen molar-refractivity contribution in [3.63, 3.8) is 0 Å². The molecule has 1 fully saturated rings. The maximum Gasteiger partial charge on any atom is 0.245 e. The Morgan fingerprint density at radius 1 is 0.961 bits per heavy atom.